The normalized spacial score (nSPS) is 10.5. The smallest absolute Gasteiger partial charge is 0.248 e. The fourth-order valence-electron chi connectivity index (χ4n) is 2.52. The molecule has 140 valence electrons. The number of hydrogen-bond donors (Lipinski definition) is 1. The van der Waals surface area contributed by atoms with Crippen LogP contribution >= 0.6 is 0 Å². The van der Waals surface area contributed by atoms with E-state index in [1.54, 1.807) is 50.6 Å². The molecule has 0 unspecified atom stereocenters. The fraction of sp³-hybridized carbons (Fsp3) is 0.200. The third kappa shape index (κ3) is 4.03. The first kappa shape index (κ1) is 18.3. The van der Waals surface area contributed by atoms with Crippen molar-refractivity contribution < 1.29 is 23.4 Å². The molecule has 1 amide bonds. The molecule has 2 N–H and O–H groups in total. The second-order valence-electron chi connectivity index (χ2n) is 5.77. The minimum Gasteiger partial charge on any atom is -0.493 e. The molecule has 1 aromatic heterocycles. The van der Waals surface area contributed by atoms with Crippen molar-refractivity contribution in [2.24, 2.45) is 5.73 Å². The first-order chi connectivity index (χ1) is 13.0. The zero-order valence-electron chi connectivity index (χ0n) is 15.3. The molecule has 27 heavy (non-hydrogen) atoms. The van der Waals surface area contributed by atoms with Crippen molar-refractivity contribution in [2.75, 3.05) is 14.2 Å². The summed E-state index contributed by atoms with van der Waals surface area (Å²) in [6.45, 7) is 2.06. The van der Waals surface area contributed by atoms with Gasteiger partial charge in [0.15, 0.2) is 11.5 Å². The number of ether oxygens (including phenoxy) is 3. The molecule has 7 heteroatoms. The summed E-state index contributed by atoms with van der Waals surface area (Å²) >= 11 is 0. The fourth-order valence-corrected chi connectivity index (χ4v) is 2.52. The minimum absolute atomic E-state index is 0.235. The van der Waals surface area contributed by atoms with Crippen molar-refractivity contribution in [1.29, 1.82) is 0 Å². The van der Waals surface area contributed by atoms with Crippen LogP contribution in [0.3, 0.4) is 0 Å². The average molecular weight is 368 g/mol. The number of amides is 1. The number of benzene rings is 2. The van der Waals surface area contributed by atoms with Crippen molar-refractivity contribution in [1.82, 2.24) is 4.98 Å². The van der Waals surface area contributed by atoms with E-state index >= 15 is 0 Å². The first-order valence-corrected chi connectivity index (χ1v) is 8.23. The molecular formula is C20H20N2O5. The summed E-state index contributed by atoms with van der Waals surface area (Å²) in [6.07, 6.45) is 0. The average Bonchev–Trinajstić information content (AvgIpc) is 3.06. The van der Waals surface area contributed by atoms with Crippen molar-refractivity contribution >= 4 is 5.91 Å². The zero-order chi connectivity index (χ0) is 19.4. The molecule has 0 atom stereocenters. The Bertz CT molecular complexity index is 948. The maximum absolute atomic E-state index is 11.1. The summed E-state index contributed by atoms with van der Waals surface area (Å²) in [4.78, 5) is 15.6. The summed E-state index contributed by atoms with van der Waals surface area (Å²) in [5.41, 5.74) is 7.10. The van der Waals surface area contributed by atoms with Crippen LogP contribution in [-0.4, -0.2) is 25.1 Å². The van der Waals surface area contributed by atoms with E-state index in [-0.39, 0.29) is 6.61 Å². The van der Waals surface area contributed by atoms with E-state index in [9.17, 15) is 4.79 Å². The highest BCUT2D eigenvalue weighted by atomic mass is 16.5. The monoisotopic (exact) mass is 368 g/mol. The first-order valence-electron chi connectivity index (χ1n) is 8.23. The van der Waals surface area contributed by atoms with Gasteiger partial charge in [0.25, 0.3) is 0 Å². The third-order valence-electron chi connectivity index (χ3n) is 4.04. The lowest BCUT2D eigenvalue weighted by Crippen LogP contribution is -2.10. The Kier molecular flexibility index (Phi) is 5.30. The number of aryl methyl sites for hydroxylation is 1. The van der Waals surface area contributed by atoms with Crippen LogP contribution in [0.4, 0.5) is 0 Å². The maximum atomic E-state index is 11.1. The highest BCUT2D eigenvalue weighted by Gasteiger charge is 2.14. The summed E-state index contributed by atoms with van der Waals surface area (Å²) in [5.74, 6) is 2.49. The molecule has 3 rings (SSSR count). The van der Waals surface area contributed by atoms with Gasteiger partial charge in [-0.25, -0.2) is 4.98 Å². The highest BCUT2D eigenvalue weighted by Crippen LogP contribution is 2.32. The topological polar surface area (TPSA) is 96.8 Å². The quantitative estimate of drug-likeness (QED) is 0.687. The molecule has 2 aromatic carbocycles. The number of oxazole rings is 1. The summed E-state index contributed by atoms with van der Waals surface area (Å²) in [6, 6.07) is 12.0. The van der Waals surface area contributed by atoms with Crippen LogP contribution in [0.2, 0.25) is 0 Å². The Morgan fingerprint density at radius 1 is 1.07 bits per heavy atom. The van der Waals surface area contributed by atoms with Crippen molar-refractivity contribution in [3.05, 3.63) is 59.5 Å². The second kappa shape index (κ2) is 7.82. The Morgan fingerprint density at radius 2 is 1.78 bits per heavy atom. The molecule has 0 bridgehead atoms. The number of methoxy groups -OCH3 is 2. The SMILES string of the molecule is COc1ccc(-c2nc(COc3ccc(C(N)=O)cc3)c(C)o2)cc1OC. The molecule has 0 aliphatic heterocycles. The Hall–Kier alpha value is -3.48. The minimum atomic E-state index is -0.478. The number of hydrogen-bond acceptors (Lipinski definition) is 6. The van der Waals surface area contributed by atoms with Crippen molar-refractivity contribution in [3.63, 3.8) is 0 Å². The lowest BCUT2D eigenvalue weighted by atomic mass is 10.2. The van der Waals surface area contributed by atoms with E-state index in [0.29, 0.717) is 40.2 Å². The van der Waals surface area contributed by atoms with Gasteiger partial charge in [0.1, 0.15) is 23.8 Å². The lowest BCUT2D eigenvalue weighted by Gasteiger charge is -2.07. The molecule has 3 aromatic rings. The Balaban J connectivity index is 1.75. The molecule has 0 radical (unpaired) electrons. The van der Waals surface area contributed by atoms with Gasteiger partial charge >= 0.3 is 0 Å². The predicted molar refractivity (Wildman–Crippen MR) is 99.1 cm³/mol. The summed E-state index contributed by atoms with van der Waals surface area (Å²) in [7, 11) is 3.16. The molecule has 0 spiro atoms. The standard InChI is InChI=1S/C20H20N2O5/c1-12-16(11-26-15-7-4-13(5-8-15)19(21)23)22-20(27-12)14-6-9-17(24-2)18(10-14)25-3/h4-10H,11H2,1-3H3,(H2,21,23). The van der Waals surface area contributed by atoms with Crippen LogP contribution < -0.4 is 19.9 Å². The van der Waals surface area contributed by atoms with Gasteiger partial charge < -0.3 is 24.4 Å². The van der Waals surface area contributed by atoms with Crippen LogP contribution in [0.5, 0.6) is 17.2 Å². The molecule has 1 heterocycles. The number of carbonyl (C=O) groups is 1. The van der Waals surface area contributed by atoms with Gasteiger partial charge in [-0.2, -0.15) is 0 Å². The molecule has 0 saturated heterocycles. The van der Waals surface area contributed by atoms with Gasteiger partial charge in [-0.05, 0) is 49.4 Å². The van der Waals surface area contributed by atoms with Gasteiger partial charge in [-0.15, -0.1) is 0 Å². The Labute approximate surface area is 156 Å². The molecule has 7 nitrogen and oxygen atoms in total. The number of rotatable bonds is 7. The summed E-state index contributed by atoms with van der Waals surface area (Å²) < 4.78 is 22.0. The van der Waals surface area contributed by atoms with E-state index in [0.717, 1.165) is 5.56 Å². The van der Waals surface area contributed by atoms with Gasteiger partial charge in [-0.3, -0.25) is 4.79 Å². The zero-order valence-corrected chi connectivity index (χ0v) is 15.3. The largest absolute Gasteiger partial charge is 0.493 e. The lowest BCUT2D eigenvalue weighted by molar-refractivity contribution is 0.1000. The van der Waals surface area contributed by atoms with Gasteiger partial charge in [-0.1, -0.05) is 0 Å². The van der Waals surface area contributed by atoms with E-state index in [1.165, 1.54) is 0 Å². The number of nitrogens with two attached hydrogens (primary N) is 1. The maximum Gasteiger partial charge on any atom is 0.248 e. The van der Waals surface area contributed by atoms with E-state index < -0.39 is 5.91 Å². The van der Waals surface area contributed by atoms with Crippen LogP contribution in [0, 0.1) is 6.92 Å². The molecule has 0 aliphatic carbocycles. The van der Waals surface area contributed by atoms with Crippen molar-refractivity contribution in [3.8, 4) is 28.7 Å². The van der Waals surface area contributed by atoms with Crippen LogP contribution in [-0.2, 0) is 6.61 Å². The summed E-state index contributed by atoms with van der Waals surface area (Å²) in [5, 5.41) is 0. The van der Waals surface area contributed by atoms with Gasteiger partial charge in [0.05, 0.1) is 14.2 Å². The predicted octanol–water partition coefficient (Wildman–Crippen LogP) is 3.35. The van der Waals surface area contributed by atoms with E-state index in [1.807, 2.05) is 13.0 Å². The van der Waals surface area contributed by atoms with Crippen LogP contribution in [0.15, 0.2) is 46.9 Å². The van der Waals surface area contributed by atoms with E-state index in [4.69, 9.17) is 24.4 Å². The van der Waals surface area contributed by atoms with Crippen molar-refractivity contribution in [2.45, 2.75) is 13.5 Å². The van der Waals surface area contributed by atoms with E-state index in [2.05, 4.69) is 4.98 Å². The second-order valence-corrected chi connectivity index (χ2v) is 5.77. The number of nitrogens with zero attached hydrogens (tertiary/aromatic N) is 1. The molecule has 0 fully saturated rings. The van der Waals surface area contributed by atoms with Gasteiger partial charge in [0.2, 0.25) is 11.8 Å². The third-order valence-corrected chi connectivity index (χ3v) is 4.04. The number of aromatic nitrogens is 1. The molecular weight excluding hydrogens is 348 g/mol. The molecule has 0 aliphatic rings. The Morgan fingerprint density at radius 3 is 2.41 bits per heavy atom. The molecule has 0 saturated carbocycles. The number of primary amides is 1. The number of carbonyl (C=O) groups excluding carboxylic acids is 1. The van der Waals surface area contributed by atoms with Crippen LogP contribution in [0.1, 0.15) is 21.8 Å². The van der Waals surface area contributed by atoms with Gasteiger partial charge in [0, 0.05) is 11.1 Å². The highest BCUT2D eigenvalue weighted by molar-refractivity contribution is 5.92. The van der Waals surface area contributed by atoms with Crippen LogP contribution in [0.25, 0.3) is 11.5 Å².